The smallest absolute Gasteiger partial charge is 0.322 e. The first kappa shape index (κ1) is 25.3. The Morgan fingerprint density at radius 3 is 2.69 bits per heavy atom. The number of rotatable bonds is 9. The number of halogens is 2. The molecule has 192 valence electrons. The van der Waals surface area contributed by atoms with Gasteiger partial charge in [0, 0.05) is 44.7 Å². The molecule has 4 rings (SSSR count). The molecule has 0 aliphatic carbocycles. The molecule has 10 heteroatoms. The number of nitrogens with two attached hydrogens (primary N) is 1. The maximum Gasteiger partial charge on any atom is 0.322 e. The summed E-state index contributed by atoms with van der Waals surface area (Å²) in [7, 11) is 0. The fourth-order valence-electron chi connectivity index (χ4n) is 4.97. The summed E-state index contributed by atoms with van der Waals surface area (Å²) in [6.45, 7) is 6.00. The van der Waals surface area contributed by atoms with E-state index < -0.39 is 11.8 Å². The molecule has 1 aromatic carbocycles. The van der Waals surface area contributed by atoms with Crippen LogP contribution >= 0.6 is 0 Å². The first-order valence-corrected chi connectivity index (χ1v) is 12.5. The number of aryl methyl sites for hydroxylation is 1. The Morgan fingerprint density at radius 2 is 2.03 bits per heavy atom. The fraction of sp³-hybridized carbons (Fsp3) is 0.640. The Hall–Kier alpha value is -2.75. The lowest BCUT2D eigenvalue weighted by Gasteiger charge is -2.30. The predicted octanol–water partition coefficient (Wildman–Crippen LogP) is 4.13. The molecule has 3 heterocycles. The lowest BCUT2D eigenvalue weighted by atomic mass is 9.92. The van der Waals surface area contributed by atoms with Gasteiger partial charge in [0.2, 0.25) is 0 Å². The second-order valence-electron chi connectivity index (χ2n) is 9.72. The van der Waals surface area contributed by atoms with E-state index in [2.05, 4.69) is 10.1 Å². The average molecular weight is 492 g/mol. The van der Waals surface area contributed by atoms with E-state index in [9.17, 15) is 13.6 Å². The lowest BCUT2D eigenvalue weighted by molar-refractivity contribution is -0.0158. The highest BCUT2D eigenvalue weighted by atomic mass is 19.3. The third-order valence-electron chi connectivity index (χ3n) is 7.05. The highest BCUT2D eigenvalue weighted by Crippen LogP contribution is 2.29. The van der Waals surface area contributed by atoms with E-state index in [4.69, 9.17) is 15.0 Å². The molecule has 1 atom stereocenters. The number of hydrogen-bond donors (Lipinski definition) is 1. The molecule has 2 aromatic rings. The molecule has 0 bridgehead atoms. The normalized spacial score (nSPS) is 19.4. The Balaban J connectivity index is 1.19. The first-order valence-electron chi connectivity index (χ1n) is 12.5. The second-order valence-corrected chi connectivity index (χ2v) is 9.72. The minimum Gasteiger partial charge on any atom is -0.494 e. The number of likely N-dealkylation sites (tertiary alicyclic amines) is 1. The van der Waals surface area contributed by atoms with Crippen LogP contribution in [0.25, 0.3) is 0 Å². The summed E-state index contributed by atoms with van der Waals surface area (Å²) >= 11 is 0. The van der Waals surface area contributed by atoms with Crippen LogP contribution in [0.1, 0.15) is 67.3 Å². The monoisotopic (exact) mass is 491 g/mol. The van der Waals surface area contributed by atoms with Crippen LogP contribution in [-0.2, 0) is 5.92 Å². The van der Waals surface area contributed by atoms with Crippen LogP contribution in [0.15, 0.2) is 22.7 Å². The molecule has 1 aromatic heterocycles. The largest absolute Gasteiger partial charge is 0.494 e. The van der Waals surface area contributed by atoms with E-state index in [0.29, 0.717) is 24.6 Å². The highest BCUT2D eigenvalue weighted by molar-refractivity contribution is 5.96. The molecule has 8 nitrogen and oxygen atoms in total. The number of alkyl halides is 2. The molecule has 2 saturated heterocycles. The van der Waals surface area contributed by atoms with Crippen molar-refractivity contribution in [3.05, 3.63) is 35.2 Å². The number of anilines is 1. The highest BCUT2D eigenvalue weighted by Gasteiger charge is 2.33. The topological polar surface area (TPSA) is 97.7 Å². The Labute approximate surface area is 204 Å². The van der Waals surface area contributed by atoms with Crippen LogP contribution in [0.3, 0.4) is 0 Å². The number of ether oxygens (including phenoxy) is 1. The van der Waals surface area contributed by atoms with Gasteiger partial charge in [0.15, 0.2) is 0 Å². The quantitative estimate of drug-likeness (QED) is 0.527. The summed E-state index contributed by atoms with van der Waals surface area (Å²) in [5.41, 5.74) is 7.44. The number of carbonyl (C=O) groups is 1. The second kappa shape index (κ2) is 10.9. The van der Waals surface area contributed by atoms with Gasteiger partial charge in [-0.1, -0.05) is 0 Å². The van der Waals surface area contributed by atoms with Crippen molar-refractivity contribution in [2.24, 2.45) is 11.7 Å². The van der Waals surface area contributed by atoms with Gasteiger partial charge in [0.1, 0.15) is 5.75 Å². The minimum absolute atomic E-state index is 0.0498. The van der Waals surface area contributed by atoms with Crippen LogP contribution < -0.4 is 15.4 Å². The van der Waals surface area contributed by atoms with Gasteiger partial charge in [-0.2, -0.15) is 13.8 Å². The van der Waals surface area contributed by atoms with Crippen molar-refractivity contribution in [3.63, 3.8) is 0 Å². The van der Waals surface area contributed by atoms with Gasteiger partial charge in [-0.3, -0.25) is 4.79 Å². The molecule has 2 aliphatic heterocycles. The average Bonchev–Trinajstić information content (AvgIpc) is 3.52. The SMILES string of the molecule is Cc1cc(OCCCC2CCN(c3noc(C(C)(F)F)n3)CC2)ccc1C(=O)N1CCC[C@H]1CN. The number of hydrogen-bond acceptors (Lipinski definition) is 7. The van der Waals surface area contributed by atoms with Crippen LogP contribution in [0.4, 0.5) is 14.7 Å². The maximum absolute atomic E-state index is 13.3. The van der Waals surface area contributed by atoms with Gasteiger partial charge < -0.3 is 24.8 Å². The Bertz CT molecular complexity index is 1000. The molecule has 0 spiro atoms. The molecule has 0 radical (unpaired) electrons. The third kappa shape index (κ3) is 6.09. The van der Waals surface area contributed by atoms with Gasteiger partial charge in [-0.25, -0.2) is 0 Å². The zero-order valence-electron chi connectivity index (χ0n) is 20.5. The molecule has 0 unspecified atom stereocenters. The first-order chi connectivity index (χ1) is 16.8. The molecular weight excluding hydrogens is 456 g/mol. The molecule has 35 heavy (non-hydrogen) atoms. The van der Waals surface area contributed by atoms with Crippen LogP contribution in [0.5, 0.6) is 5.75 Å². The minimum atomic E-state index is -3.13. The standard InChI is InChI=1S/C25H35F2N5O3/c1-17-15-20(7-8-21(17)22(33)32-11-3-6-19(32)16-28)34-14-4-5-18-9-12-31(13-10-18)24-29-23(35-30-24)25(2,26)27/h7-8,15,18-19H,3-6,9-14,16,28H2,1-2H3/t19-/m0/s1. The summed E-state index contributed by atoms with van der Waals surface area (Å²) in [4.78, 5) is 20.6. The van der Waals surface area contributed by atoms with Crippen LogP contribution in [0.2, 0.25) is 0 Å². The van der Waals surface area contributed by atoms with Crippen LogP contribution in [-0.4, -0.2) is 59.8 Å². The number of aromatic nitrogens is 2. The molecule has 0 saturated carbocycles. The number of piperidine rings is 1. The third-order valence-corrected chi connectivity index (χ3v) is 7.05. The van der Waals surface area contributed by atoms with Crippen molar-refractivity contribution in [1.82, 2.24) is 15.0 Å². The zero-order chi connectivity index (χ0) is 25.0. The Kier molecular flexibility index (Phi) is 7.88. The fourth-order valence-corrected chi connectivity index (χ4v) is 4.97. The van der Waals surface area contributed by atoms with Crippen molar-refractivity contribution in [3.8, 4) is 5.75 Å². The van der Waals surface area contributed by atoms with E-state index in [0.717, 1.165) is 76.4 Å². The van der Waals surface area contributed by atoms with E-state index in [-0.39, 0.29) is 17.9 Å². The predicted molar refractivity (Wildman–Crippen MR) is 128 cm³/mol. The molecule has 1 amide bonds. The number of nitrogens with zero attached hydrogens (tertiary/aromatic N) is 4. The summed E-state index contributed by atoms with van der Waals surface area (Å²) in [5.74, 6) is -2.16. The number of benzene rings is 1. The summed E-state index contributed by atoms with van der Waals surface area (Å²) in [5, 5.41) is 3.71. The van der Waals surface area contributed by atoms with Crippen molar-refractivity contribution in [1.29, 1.82) is 0 Å². The molecule has 2 N–H and O–H groups in total. The number of carbonyl (C=O) groups excluding carboxylic acids is 1. The van der Waals surface area contributed by atoms with Crippen molar-refractivity contribution in [2.45, 2.75) is 64.3 Å². The molecule has 2 fully saturated rings. The molecular formula is C25H35F2N5O3. The van der Waals surface area contributed by atoms with Crippen LogP contribution in [0, 0.1) is 12.8 Å². The van der Waals surface area contributed by atoms with Gasteiger partial charge in [-0.05, 0) is 80.3 Å². The van der Waals surface area contributed by atoms with Gasteiger partial charge in [0.25, 0.3) is 17.7 Å². The lowest BCUT2D eigenvalue weighted by Crippen LogP contribution is -2.40. The zero-order valence-corrected chi connectivity index (χ0v) is 20.5. The van der Waals surface area contributed by atoms with Gasteiger partial charge >= 0.3 is 5.92 Å². The van der Waals surface area contributed by atoms with Gasteiger partial charge in [-0.15, -0.1) is 0 Å². The van der Waals surface area contributed by atoms with Crippen molar-refractivity contribution >= 4 is 11.9 Å². The summed E-state index contributed by atoms with van der Waals surface area (Å²) in [6, 6.07) is 5.78. The summed E-state index contributed by atoms with van der Waals surface area (Å²) < 4.78 is 37.3. The molecule has 2 aliphatic rings. The van der Waals surface area contributed by atoms with Crippen molar-refractivity contribution in [2.75, 3.05) is 37.7 Å². The van der Waals surface area contributed by atoms with Gasteiger partial charge in [0.05, 0.1) is 6.61 Å². The van der Waals surface area contributed by atoms with E-state index in [1.807, 2.05) is 34.9 Å². The Morgan fingerprint density at radius 1 is 1.26 bits per heavy atom. The van der Waals surface area contributed by atoms with E-state index in [1.165, 1.54) is 0 Å². The van der Waals surface area contributed by atoms with E-state index in [1.54, 1.807) is 0 Å². The van der Waals surface area contributed by atoms with E-state index >= 15 is 0 Å². The van der Waals surface area contributed by atoms with Crippen molar-refractivity contribution < 1.29 is 22.8 Å². The number of amides is 1. The summed E-state index contributed by atoms with van der Waals surface area (Å²) in [6.07, 6.45) is 5.82. The maximum atomic E-state index is 13.3.